The second kappa shape index (κ2) is 7.38. The first-order valence-electron chi connectivity index (χ1n) is 8.12. The fourth-order valence-electron chi connectivity index (χ4n) is 3.41. The zero-order chi connectivity index (χ0) is 16.1. The average Bonchev–Trinajstić information content (AvgIpc) is 2.96. The van der Waals surface area contributed by atoms with Crippen molar-refractivity contribution in [1.29, 1.82) is 0 Å². The molecule has 2 saturated heterocycles. The molecular formula is C17H24N2O4. The lowest BCUT2D eigenvalue weighted by Gasteiger charge is -2.39. The monoisotopic (exact) mass is 320 g/mol. The predicted molar refractivity (Wildman–Crippen MR) is 83.8 cm³/mol. The molecule has 3 rings (SSSR count). The average molecular weight is 320 g/mol. The number of carbonyl (C=O) groups excluding carboxylic acids is 1. The van der Waals surface area contributed by atoms with Crippen molar-refractivity contribution in [2.24, 2.45) is 0 Å². The number of aromatic nitrogens is 1. The summed E-state index contributed by atoms with van der Waals surface area (Å²) in [6, 6.07) is 3.91. The van der Waals surface area contributed by atoms with Crippen LogP contribution in [0.4, 0.5) is 0 Å². The van der Waals surface area contributed by atoms with Gasteiger partial charge in [-0.25, -0.2) is 0 Å². The second-order valence-corrected chi connectivity index (χ2v) is 6.34. The van der Waals surface area contributed by atoms with Gasteiger partial charge in [-0.3, -0.25) is 9.78 Å². The summed E-state index contributed by atoms with van der Waals surface area (Å²) in [7, 11) is 1.55. The Morgan fingerprint density at radius 2 is 2.30 bits per heavy atom. The van der Waals surface area contributed by atoms with Crippen LogP contribution >= 0.6 is 0 Å². The Hall–Kier alpha value is -1.50. The molecule has 1 amide bonds. The van der Waals surface area contributed by atoms with Crippen LogP contribution in [-0.2, 0) is 25.6 Å². The summed E-state index contributed by atoms with van der Waals surface area (Å²) >= 11 is 0. The lowest BCUT2D eigenvalue weighted by molar-refractivity contribution is -0.143. The van der Waals surface area contributed by atoms with E-state index in [1.807, 2.05) is 17.0 Å². The van der Waals surface area contributed by atoms with Crippen molar-refractivity contribution in [3.63, 3.8) is 0 Å². The van der Waals surface area contributed by atoms with Crippen molar-refractivity contribution in [2.75, 3.05) is 33.4 Å². The molecule has 0 aromatic carbocycles. The van der Waals surface area contributed by atoms with E-state index in [1.54, 1.807) is 19.5 Å². The van der Waals surface area contributed by atoms with E-state index in [0.29, 0.717) is 19.8 Å². The third-order valence-corrected chi connectivity index (χ3v) is 4.57. The van der Waals surface area contributed by atoms with Crippen LogP contribution in [0.5, 0.6) is 0 Å². The lowest BCUT2D eigenvalue weighted by atomic mass is 9.89. The topological polar surface area (TPSA) is 60.9 Å². The van der Waals surface area contributed by atoms with Crippen LogP contribution in [0.15, 0.2) is 24.5 Å². The van der Waals surface area contributed by atoms with E-state index in [1.165, 1.54) is 0 Å². The molecule has 0 N–H and O–H groups in total. The van der Waals surface area contributed by atoms with Gasteiger partial charge in [-0.2, -0.15) is 0 Å². The quantitative estimate of drug-likeness (QED) is 0.820. The Morgan fingerprint density at radius 1 is 1.48 bits per heavy atom. The van der Waals surface area contributed by atoms with E-state index in [4.69, 9.17) is 14.2 Å². The predicted octanol–water partition coefficient (Wildman–Crippen LogP) is 1.39. The minimum atomic E-state index is -0.245. The zero-order valence-corrected chi connectivity index (χ0v) is 13.6. The van der Waals surface area contributed by atoms with E-state index in [2.05, 4.69) is 4.98 Å². The minimum absolute atomic E-state index is 0.0383. The van der Waals surface area contributed by atoms with Gasteiger partial charge >= 0.3 is 0 Å². The SMILES string of the molecule is COCC(=O)N1CCC[C@]2(C[C@@H](OCc3ccncc3)CO2)C1. The van der Waals surface area contributed by atoms with E-state index in [0.717, 1.165) is 31.4 Å². The Kier molecular flexibility index (Phi) is 5.25. The molecule has 3 heterocycles. The fourth-order valence-corrected chi connectivity index (χ4v) is 3.41. The molecule has 6 nitrogen and oxygen atoms in total. The number of carbonyl (C=O) groups is 1. The smallest absolute Gasteiger partial charge is 0.248 e. The van der Waals surface area contributed by atoms with Gasteiger partial charge in [0.2, 0.25) is 5.91 Å². The molecule has 1 aromatic rings. The van der Waals surface area contributed by atoms with E-state index in [-0.39, 0.29) is 24.2 Å². The van der Waals surface area contributed by atoms with Gasteiger partial charge in [-0.15, -0.1) is 0 Å². The molecule has 2 aliphatic rings. The van der Waals surface area contributed by atoms with Crippen molar-refractivity contribution in [2.45, 2.75) is 37.6 Å². The summed E-state index contributed by atoms with van der Waals surface area (Å²) in [6.07, 6.45) is 6.42. The van der Waals surface area contributed by atoms with Gasteiger partial charge < -0.3 is 19.1 Å². The number of amides is 1. The maximum atomic E-state index is 12.0. The largest absolute Gasteiger partial charge is 0.375 e. The van der Waals surface area contributed by atoms with E-state index in [9.17, 15) is 4.79 Å². The molecule has 1 aromatic heterocycles. The Bertz CT molecular complexity index is 525. The van der Waals surface area contributed by atoms with Crippen molar-refractivity contribution in [3.05, 3.63) is 30.1 Å². The van der Waals surface area contributed by atoms with Crippen LogP contribution in [0.2, 0.25) is 0 Å². The summed E-state index contributed by atoms with van der Waals surface area (Å²) in [5, 5.41) is 0. The highest BCUT2D eigenvalue weighted by molar-refractivity contribution is 5.77. The molecule has 0 aliphatic carbocycles. The Labute approximate surface area is 136 Å². The molecule has 6 heteroatoms. The van der Waals surface area contributed by atoms with Crippen molar-refractivity contribution in [1.82, 2.24) is 9.88 Å². The number of methoxy groups -OCH3 is 1. The van der Waals surface area contributed by atoms with E-state index < -0.39 is 0 Å². The summed E-state index contributed by atoms with van der Waals surface area (Å²) in [6.45, 7) is 2.73. The number of hydrogen-bond acceptors (Lipinski definition) is 5. The molecule has 0 saturated carbocycles. The third-order valence-electron chi connectivity index (χ3n) is 4.57. The van der Waals surface area contributed by atoms with Gasteiger partial charge in [0.25, 0.3) is 0 Å². The van der Waals surface area contributed by atoms with Crippen LogP contribution in [0.25, 0.3) is 0 Å². The number of rotatable bonds is 5. The Morgan fingerprint density at radius 3 is 3.09 bits per heavy atom. The zero-order valence-electron chi connectivity index (χ0n) is 13.6. The normalized spacial score (nSPS) is 27.5. The molecule has 0 radical (unpaired) electrons. The number of ether oxygens (including phenoxy) is 3. The van der Waals surface area contributed by atoms with Gasteiger partial charge in [0.05, 0.1) is 24.9 Å². The van der Waals surface area contributed by atoms with Crippen molar-refractivity contribution >= 4 is 5.91 Å². The maximum absolute atomic E-state index is 12.0. The van der Waals surface area contributed by atoms with Gasteiger partial charge in [0, 0.05) is 39.0 Å². The van der Waals surface area contributed by atoms with Crippen LogP contribution < -0.4 is 0 Å². The van der Waals surface area contributed by atoms with Crippen molar-refractivity contribution in [3.8, 4) is 0 Å². The number of piperidine rings is 1. The van der Waals surface area contributed by atoms with Crippen molar-refractivity contribution < 1.29 is 19.0 Å². The highest BCUT2D eigenvalue weighted by Gasteiger charge is 2.44. The standard InChI is InChI=1S/C17H24N2O4/c1-21-12-16(20)19-8-2-5-17(13-19)9-15(11-23-17)22-10-14-3-6-18-7-4-14/h3-4,6-7,15H,2,5,8-13H2,1H3/t15-,17+/m1/s1. The molecule has 2 atom stereocenters. The minimum Gasteiger partial charge on any atom is -0.375 e. The maximum Gasteiger partial charge on any atom is 0.248 e. The summed E-state index contributed by atoms with van der Waals surface area (Å²) in [5.74, 6) is 0.0383. The van der Waals surface area contributed by atoms with Crippen LogP contribution in [0.1, 0.15) is 24.8 Å². The first-order chi connectivity index (χ1) is 11.2. The first-order valence-corrected chi connectivity index (χ1v) is 8.12. The second-order valence-electron chi connectivity index (χ2n) is 6.34. The van der Waals surface area contributed by atoms with Gasteiger partial charge in [0.1, 0.15) is 6.61 Å². The number of hydrogen-bond donors (Lipinski definition) is 0. The first kappa shape index (κ1) is 16.4. The molecule has 0 bridgehead atoms. The fraction of sp³-hybridized carbons (Fsp3) is 0.647. The van der Waals surface area contributed by atoms with Gasteiger partial charge in [-0.1, -0.05) is 0 Å². The van der Waals surface area contributed by atoms with Gasteiger partial charge in [-0.05, 0) is 30.5 Å². The van der Waals surface area contributed by atoms with Gasteiger partial charge in [0.15, 0.2) is 0 Å². The number of likely N-dealkylation sites (tertiary alicyclic amines) is 1. The van der Waals surface area contributed by atoms with E-state index >= 15 is 0 Å². The lowest BCUT2D eigenvalue weighted by Crippen LogP contribution is -2.51. The summed E-state index contributed by atoms with van der Waals surface area (Å²) in [5.41, 5.74) is 0.867. The molecule has 0 unspecified atom stereocenters. The Balaban J connectivity index is 1.52. The molecule has 1 spiro atoms. The number of pyridine rings is 1. The van der Waals surface area contributed by atoms with Crippen LogP contribution in [0, 0.1) is 0 Å². The molecule has 23 heavy (non-hydrogen) atoms. The third kappa shape index (κ3) is 4.07. The molecule has 2 aliphatic heterocycles. The highest BCUT2D eigenvalue weighted by Crippen LogP contribution is 2.36. The van der Waals surface area contributed by atoms with Crippen LogP contribution in [0.3, 0.4) is 0 Å². The molecular weight excluding hydrogens is 296 g/mol. The number of nitrogens with zero attached hydrogens (tertiary/aromatic N) is 2. The van der Waals surface area contributed by atoms with Crippen LogP contribution in [-0.4, -0.2) is 60.9 Å². The summed E-state index contributed by atoms with van der Waals surface area (Å²) in [4.78, 5) is 17.9. The molecule has 126 valence electrons. The highest BCUT2D eigenvalue weighted by atomic mass is 16.6. The summed E-state index contributed by atoms with van der Waals surface area (Å²) < 4.78 is 17.0. The molecule has 2 fully saturated rings.